The molecule has 0 bridgehead atoms. The summed E-state index contributed by atoms with van der Waals surface area (Å²) in [5.74, 6) is 0.935. The molecule has 0 amide bonds. The lowest BCUT2D eigenvalue weighted by atomic mass is 10.1. The monoisotopic (exact) mass is 199 g/mol. The molecule has 1 fully saturated rings. The minimum absolute atomic E-state index is 0.935. The zero-order valence-electron chi connectivity index (χ0n) is 10.4. The summed E-state index contributed by atoms with van der Waals surface area (Å²) in [6.45, 7) is 9.26. The summed E-state index contributed by atoms with van der Waals surface area (Å²) in [5.41, 5.74) is 0. The van der Waals surface area contributed by atoms with E-state index in [1.165, 1.54) is 58.0 Å². The summed E-state index contributed by atoms with van der Waals surface area (Å²) < 4.78 is 0. The van der Waals surface area contributed by atoms with Crippen molar-refractivity contribution in [3.63, 3.8) is 0 Å². The van der Waals surface area contributed by atoms with E-state index in [-0.39, 0.29) is 0 Å². The van der Waals surface area contributed by atoms with E-state index in [4.69, 9.17) is 0 Å². The Kier molecular flexibility index (Phi) is 11.0. The van der Waals surface area contributed by atoms with Gasteiger partial charge in [-0.05, 0) is 25.4 Å². The number of unbranched alkanes of at least 4 members (excludes halogenated alkanes) is 5. The van der Waals surface area contributed by atoms with E-state index in [1.807, 2.05) is 0 Å². The second-order valence-corrected chi connectivity index (χ2v) is 4.51. The highest BCUT2D eigenvalue weighted by Gasteiger charge is 2.06. The van der Waals surface area contributed by atoms with Crippen molar-refractivity contribution in [3.8, 4) is 0 Å². The fourth-order valence-corrected chi connectivity index (χ4v) is 1.65. The average molecular weight is 199 g/mol. The average Bonchev–Trinajstić information content (AvgIpc) is 2.65. The van der Waals surface area contributed by atoms with Gasteiger partial charge in [0.15, 0.2) is 0 Å². The van der Waals surface area contributed by atoms with Crippen molar-refractivity contribution in [2.45, 2.75) is 65.7 Å². The highest BCUT2D eigenvalue weighted by Crippen LogP contribution is 2.03. The normalized spacial score (nSPS) is 20.4. The highest BCUT2D eigenvalue weighted by atomic mass is 14.9. The maximum atomic E-state index is 3.27. The zero-order chi connectivity index (χ0) is 10.6. The molecule has 1 rings (SSSR count). The summed E-state index contributed by atoms with van der Waals surface area (Å²) in [4.78, 5) is 0. The Balaban J connectivity index is 0.000000249. The molecule has 1 heterocycles. The molecule has 0 aromatic carbocycles. The van der Waals surface area contributed by atoms with Crippen molar-refractivity contribution >= 4 is 0 Å². The molecule has 0 aromatic rings. The lowest BCUT2D eigenvalue weighted by molar-refractivity contribution is 0.624. The maximum absolute atomic E-state index is 3.27. The van der Waals surface area contributed by atoms with Crippen LogP contribution in [0.1, 0.15) is 65.7 Å². The van der Waals surface area contributed by atoms with Crippen LogP contribution in [0.5, 0.6) is 0 Å². The predicted molar refractivity (Wildman–Crippen MR) is 65.7 cm³/mol. The molecule has 1 atom stereocenters. The van der Waals surface area contributed by atoms with Crippen LogP contribution in [-0.2, 0) is 0 Å². The Hall–Kier alpha value is -0.0400. The van der Waals surface area contributed by atoms with Crippen LogP contribution in [0.2, 0.25) is 0 Å². The summed E-state index contributed by atoms with van der Waals surface area (Å²) in [5, 5.41) is 3.27. The maximum Gasteiger partial charge on any atom is -0.00227 e. The number of rotatable bonds is 5. The van der Waals surface area contributed by atoms with E-state index in [1.54, 1.807) is 0 Å². The summed E-state index contributed by atoms with van der Waals surface area (Å²) in [6.07, 6.45) is 9.86. The van der Waals surface area contributed by atoms with Gasteiger partial charge in [0.1, 0.15) is 0 Å². The van der Waals surface area contributed by atoms with Crippen molar-refractivity contribution in [2.75, 3.05) is 13.1 Å². The van der Waals surface area contributed by atoms with Gasteiger partial charge in [0.25, 0.3) is 0 Å². The molecule has 14 heavy (non-hydrogen) atoms. The fourth-order valence-electron chi connectivity index (χ4n) is 1.65. The molecule has 0 saturated carbocycles. The van der Waals surface area contributed by atoms with Gasteiger partial charge in [0.2, 0.25) is 0 Å². The Morgan fingerprint density at radius 3 is 1.79 bits per heavy atom. The minimum atomic E-state index is 0.935. The van der Waals surface area contributed by atoms with Gasteiger partial charge >= 0.3 is 0 Å². The predicted octanol–water partition coefficient (Wildman–Crippen LogP) is 3.98. The van der Waals surface area contributed by atoms with E-state index in [9.17, 15) is 0 Å². The lowest BCUT2D eigenvalue weighted by Gasteiger charge is -1.93. The third-order valence-corrected chi connectivity index (χ3v) is 2.76. The molecule has 1 N–H and O–H groups in total. The van der Waals surface area contributed by atoms with E-state index in [0.29, 0.717) is 0 Å². The fraction of sp³-hybridized carbons (Fsp3) is 1.00. The highest BCUT2D eigenvalue weighted by molar-refractivity contribution is 4.65. The number of hydrogen-bond donors (Lipinski definition) is 1. The van der Waals surface area contributed by atoms with E-state index in [0.717, 1.165) is 5.92 Å². The van der Waals surface area contributed by atoms with Crippen LogP contribution in [0.25, 0.3) is 0 Å². The first-order valence-electron chi connectivity index (χ1n) is 6.52. The lowest BCUT2D eigenvalue weighted by Crippen LogP contribution is -2.06. The zero-order valence-corrected chi connectivity index (χ0v) is 10.4. The molecule has 0 aromatic heterocycles. The minimum Gasteiger partial charge on any atom is -0.316 e. The van der Waals surface area contributed by atoms with Crippen molar-refractivity contribution < 1.29 is 0 Å². The Labute approximate surface area is 90.7 Å². The van der Waals surface area contributed by atoms with E-state index >= 15 is 0 Å². The molecule has 1 nitrogen and oxygen atoms in total. The van der Waals surface area contributed by atoms with Gasteiger partial charge in [-0.3, -0.25) is 0 Å². The van der Waals surface area contributed by atoms with Gasteiger partial charge in [0.05, 0.1) is 0 Å². The van der Waals surface area contributed by atoms with Gasteiger partial charge in [-0.15, -0.1) is 0 Å². The molecule has 1 aliphatic heterocycles. The van der Waals surface area contributed by atoms with Crippen LogP contribution < -0.4 is 5.32 Å². The first kappa shape index (κ1) is 14.0. The molecule has 0 aliphatic carbocycles. The van der Waals surface area contributed by atoms with Gasteiger partial charge in [-0.25, -0.2) is 0 Å². The van der Waals surface area contributed by atoms with Crippen molar-refractivity contribution in [1.82, 2.24) is 5.32 Å². The molecule has 0 radical (unpaired) electrons. The first-order chi connectivity index (χ1) is 6.81. The Bertz CT molecular complexity index is 89.4. The summed E-state index contributed by atoms with van der Waals surface area (Å²) in [6, 6.07) is 0. The molecular formula is C13H29N. The largest absolute Gasteiger partial charge is 0.316 e. The Morgan fingerprint density at radius 1 is 1.00 bits per heavy atom. The van der Waals surface area contributed by atoms with Crippen LogP contribution in [0, 0.1) is 5.92 Å². The third-order valence-electron chi connectivity index (χ3n) is 2.76. The van der Waals surface area contributed by atoms with Gasteiger partial charge in [-0.1, -0.05) is 59.3 Å². The third kappa shape index (κ3) is 10.0. The van der Waals surface area contributed by atoms with Crippen LogP contribution >= 0.6 is 0 Å². The van der Waals surface area contributed by atoms with E-state index < -0.39 is 0 Å². The van der Waals surface area contributed by atoms with Crippen molar-refractivity contribution in [2.24, 2.45) is 5.92 Å². The van der Waals surface area contributed by atoms with Crippen molar-refractivity contribution in [1.29, 1.82) is 0 Å². The van der Waals surface area contributed by atoms with Crippen molar-refractivity contribution in [3.05, 3.63) is 0 Å². The topological polar surface area (TPSA) is 12.0 Å². The second-order valence-electron chi connectivity index (χ2n) is 4.51. The Morgan fingerprint density at radius 2 is 1.57 bits per heavy atom. The molecule has 1 aliphatic rings. The number of hydrogen-bond acceptors (Lipinski definition) is 1. The van der Waals surface area contributed by atoms with Gasteiger partial charge in [0, 0.05) is 0 Å². The first-order valence-corrected chi connectivity index (χ1v) is 6.52. The standard InChI is InChI=1S/C8H18.C5H11N/c1-3-5-7-8-6-4-2;1-5-2-3-6-4-5/h3-8H2,1-2H3;5-6H,2-4H2,1H3. The molecule has 1 saturated heterocycles. The van der Waals surface area contributed by atoms with Gasteiger partial charge in [-0.2, -0.15) is 0 Å². The van der Waals surface area contributed by atoms with Gasteiger partial charge < -0.3 is 5.32 Å². The second kappa shape index (κ2) is 11.0. The molecule has 1 unspecified atom stereocenters. The SMILES string of the molecule is CC1CCNC1.CCCCCCCC. The molecule has 86 valence electrons. The molecule has 0 spiro atoms. The molecule has 1 heteroatoms. The van der Waals surface area contributed by atoms with E-state index in [2.05, 4.69) is 26.1 Å². The van der Waals surface area contributed by atoms with Crippen LogP contribution in [0.3, 0.4) is 0 Å². The van der Waals surface area contributed by atoms with Crippen LogP contribution in [-0.4, -0.2) is 13.1 Å². The number of nitrogens with one attached hydrogen (secondary N) is 1. The summed E-state index contributed by atoms with van der Waals surface area (Å²) in [7, 11) is 0. The smallest absolute Gasteiger partial charge is 0.00227 e. The summed E-state index contributed by atoms with van der Waals surface area (Å²) >= 11 is 0. The van der Waals surface area contributed by atoms with Crippen LogP contribution in [0.15, 0.2) is 0 Å². The van der Waals surface area contributed by atoms with Crippen LogP contribution in [0.4, 0.5) is 0 Å². The molecular weight excluding hydrogens is 170 g/mol. The quantitative estimate of drug-likeness (QED) is 0.660.